The van der Waals surface area contributed by atoms with Gasteiger partial charge in [-0.1, -0.05) is 54.6 Å². The summed E-state index contributed by atoms with van der Waals surface area (Å²) in [6, 6.07) is 20.1. The average Bonchev–Trinajstić information content (AvgIpc) is 3.63. The molecule has 0 heterocycles. The van der Waals surface area contributed by atoms with Gasteiger partial charge in [-0.3, -0.25) is 9.52 Å². The topological polar surface area (TPSA) is 102 Å². The fraction of sp³-hybridized carbons (Fsp3) is 0.231. The molecule has 2 N–H and O–H groups in total. The summed E-state index contributed by atoms with van der Waals surface area (Å²) in [5.41, 5.74) is 1.99. The minimum absolute atomic E-state index is 0.0107. The van der Waals surface area contributed by atoms with Crippen molar-refractivity contribution >= 4 is 27.6 Å². The molecule has 1 aliphatic rings. The van der Waals surface area contributed by atoms with Crippen LogP contribution in [0.5, 0.6) is 0 Å². The molecule has 1 fully saturated rings. The van der Waals surface area contributed by atoms with Crippen LogP contribution in [-0.2, 0) is 19.6 Å². The highest BCUT2D eigenvalue weighted by Gasteiger charge is 2.32. The third-order valence-corrected chi connectivity index (χ3v) is 7.02. The van der Waals surface area contributed by atoms with Crippen molar-refractivity contribution in [1.82, 2.24) is 5.32 Å². The van der Waals surface area contributed by atoms with Gasteiger partial charge in [0.25, 0.3) is 15.9 Å². The number of esters is 1. The van der Waals surface area contributed by atoms with Crippen molar-refractivity contribution in [2.45, 2.75) is 43.7 Å². The first-order valence-corrected chi connectivity index (χ1v) is 12.5. The lowest BCUT2D eigenvalue weighted by Crippen LogP contribution is -2.33. The Bertz CT molecular complexity index is 1320. The molecule has 7 nitrogen and oxygen atoms in total. The molecular weight excluding hydrogens is 452 g/mol. The Kier molecular flexibility index (Phi) is 6.70. The summed E-state index contributed by atoms with van der Waals surface area (Å²) in [4.78, 5) is 26.1. The number of rotatable bonds is 8. The average molecular weight is 479 g/mol. The number of para-hydroxylation sites is 1. The van der Waals surface area contributed by atoms with E-state index in [0.717, 1.165) is 18.4 Å². The van der Waals surface area contributed by atoms with E-state index in [9.17, 15) is 18.0 Å². The first-order chi connectivity index (χ1) is 16.2. The van der Waals surface area contributed by atoms with Crippen LogP contribution >= 0.6 is 0 Å². The van der Waals surface area contributed by atoms with Gasteiger partial charge in [0.1, 0.15) is 0 Å². The van der Waals surface area contributed by atoms with E-state index in [4.69, 9.17) is 4.74 Å². The zero-order valence-electron chi connectivity index (χ0n) is 18.9. The number of benzene rings is 3. The molecule has 176 valence electrons. The van der Waals surface area contributed by atoms with E-state index in [2.05, 4.69) is 10.0 Å². The molecule has 1 saturated carbocycles. The number of anilines is 1. The summed E-state index contributed by atoms with van der Waals surface area (Å²) in [7, 11) is -3.96. The summed E-state index contributed by atoms with van der Waals surface area (Å²) in [6.45, 7) is 3.51. The number of ether oxygens (including phenoxy) is 1. The molecule has 0 aliphatic heterocycles. The lowest BCUT2D eigenvalue weighted by atomic mass is 10.1. The summed E-state index contributed by atoms with van der Waals surface area (Å²) in [5, 5.41) is 2.87. The number of carbonyl (C=O) groups excluding carboxylic acids is 2. The Labute approximate surface area is 199 Å². The van der Waals surface area contributed by atoms with Gasteiger partial charge in [0.05, 0.1) is 16.1 Å². The van der Waals surface area contributed by atoms with E-state index in [0.29, 0.717) is 11.1 Å². The second-order valence-corrected chi connectivity index (χ2v) is 10.0. The number of hydrogen-bond acceptors (Lipinski definition) is 5. The lowest BCUT2D eigenvalue weighted by Gasteiger charge is -2.19. The highest BCUT2D eigenvalue weighted by molar-refractivity contribution is 7.92. The van der Waals surface area contributed by atoms with Gasteiger partial charge >= 0.3 is 5.97 Å². The van der Waals surface area contributed by atoms with Gasteiger partial charge in [-0.25, -0.2) is 13.2 Å². The van der Waals surface area contributed by atoms with Crippen molar-refractivity contribution in [2.75, 3.05) is 4.72 Å². The summed E-state index contributed by atoms with van der Waals surface area (Å²) >= 11 is 0. The van der Waals surface area contributed by atoms with Crippen LogP contribution in [0.15, 0.2) is 77.7 Å². The van der Waals surface area contributed by atoms with E-state index in [-0.39, 0.29) is 22.2 Å². The third kappa shape index (κ3) is 5.46. The Balaban J connectivity index is 1.61. The Morgan fingerprint density at radius 3 is 2.32 bits per heavy atom. The van der Waals surface area contributed by atoms with E-state index in [1.54, 1.807) is 68.4 Å². The maximum absolute atomic E-state index is 13.2. The second kappa shape index (κ2) is 9.69. The van der Waals surface area contributed by atoms with Crippen LogP contribution in [0.3, 0.4) is 0 Å². The van der Waals surface area contributed by atoms with Crippen molar-refractivity contribution in [3.8, 4) is 0 Å². The van der Waals surface area contributed by atoms with Crippen LogP contribution in [0, 0.1) is 13.8 Å². The second-order valence-electron chi connectivity index (χ2n) is 8.40. The Hall–Kier alpha value is -3.65. The standard InChI is InChI=1S/C26H26N2O5S/c1-17-12-13-18(2)23(16-17)34(31,32)28-22-11-7-6-10-21(22)26(30)33-24(19-8-4-3-5-9-19)25(29)27-20-14-15-20/h3-13,16,20,24,28H,14-15H2,1-2H3,(H,27,29). The smallest absolute Gasteiger partial charge is 0.341 e. The molecule has 0 spiro atoms. The maximum atomic E-state index is 13.2. The first-order valence-electron chi connectivity index (χ1n) is 11.0. The number of nitrogens with one attached hydrogen (secondary N) is 2. The minimum Gasteiger partial charge on any atom is -0.444 e. The molecule has 4 rings (SSSR count). The van der Waals surface area contributed by atoms with Crippen molar-refractivity contribution in [1.29, 1.82) is 0 Å². The zero-order valence-corrected chi connectivity index (χ0v) is 19.8. The largest absolute Gasteiger partial charge is 0.444 e. The van der Waals surface area contributed by atoms with Crippen molar-refractivity contribution < 1.29 is 22.7 Å². The number of aryl methyl sites for hydroxylation is 2. The number of amides is 1. The van der Waals surface area contributed by atoms with E-state index < -0.39 is 28.0 Å². The molecule has 1 atom stereocenters. The fourth-order valence-electron chi connectivity index (χ4n) is 3.52. The zero-order chi connectivity index (χ0) is 24.3. The van der Waals surface area contributed by atoms with Gasteiger partial charge in [0, 0.05) is 11.6 Å². The van der Waals surface area contributed by atoms with Crippen LogP contribution in [0.25, 0.3) is 0 Å². The molecule has 1 unspecified atom stereocenters. The molecule has 0 bridgehead atoms. The number of carbonyl (C=O) groups is 2. The van der Waals surface area contributed by atoms with Crippen molar-refractivity contribution in [3.63, 3.8) is 0 Å². The molecule has 3 aromatic carbocycles. The summed E-state index contributed by atoms with van der Waals surface area (Å²) < 4.78 is 34.3. The van der Waals surface area contributed by atoms with Crippen molar-refractivity contribution in [3.05, 3.63) is 95.1 Å². The molecule has 0 aromatic heterocycles. The molecule has 3 aromatic rings. The highest BCUT2D eigenvalue weighted by Crippen LogP contribution is 2.27. The fourth-order valence-corrected chi connectivity index (χ4v) is 4.93. The van der Waals surface area contributed by atoms with E-state index >= 15 is 0 Å². The third-order valence-electron chi connectivity index (χ3n) is 5.51. The van der Waals surface area contributed by atoms with Crippen LogP contribution in [0.4, 0.5) is 5.69 Å². The van der Waals surface area contributed by atoms with Gasteiger partial charge in [0.2, 0.25) is 6.10 Å². The molecule has 0 saturated heterocycles. The van der Waals surface area contributed by atoms with Gasteiger partial charge in [-0.05, 0) is 56.0 Å². The van der Waals surface area contributed by atoms with E-state index in [1.165, 1.54) is 12.1 Å². The molecule has 0 radical (unpaired) electrons. The van der Waals surface area contributed by atoms with Gasteiger partial charge < -0.3 is 10.1 Å². The van der Waals surface area contributed by atoms with Crippen LogP contribution in [-0.4, -0.2) is 26.3 Å². The Morgan fingerprint density at radius 1 is 0.941 bits per heavy atom. The lowest BCUT2D eigenvalue weighted by molar-refractivity contribution is -0.130. The van der Waals surface area contributed by atoms with Gasteiger partial charge in [0.15, 0.2) is 0 Å². The quantitative estimate of drug-likeness (QED) is 0.471. The molecule has 34 heavy (non-hydrogen) atoms. The maximum Gasteiger partial charge on any atom is 0.341 e. The summed E-state index contributed by atoms with van der Waals surface area (Å²) in [5.74, 6) is -1.21. The van der Waals surface area contributed by atoms with Gasteiger partial charge in [-0.15, -0.1) is 0 Å². The molecule has 1 aliphatic carbocycles. The predicted octanol–water partition coefficient (Wildman–Crippen LogP) is 4.28. The van der Waals surface area contributed by atoms with Crippen LogP contribution < -0.4 is 10.0 Å². The predicted molar refractivity (Wildman–Crippen MR) is 129 cm³/mol. The van der Waals surface area contributed by atoms with Crippen LogP contribution in [0.2, 0.25) is 0 Å². The minimum atomic E-state index is -3.96. The highest BCUT2D eigenvalue weighted by atomic mass is 32.2. The SMILES string of the molecule is Cc1ccc(C)c(S(=O)(=O)Nc2ccccc2C(=O)OC(C(=O)NC2CC2)c2ccccc2)c1. The van der Waals surface area contributed by atoms with Crippen molar-refractivity contribution in [2.24, 2.45) is 0 Å². The molecular formula is C26H26N2O5S. The van der Waals surface area contributed by atoms with Gasteiger partial charge in [-0.2, -0.15) is 0 Å². The normalized spacial score (nSPS) is 14.2. The van der Waals surface area contributed by atoms with Crippen LogP contribution in [0.1, 0.15) is 46.0 Å². The first kappa shape index (κ1) is 23.5. The summed E-state index contributed by atoms with van der Waals surface area (Å²) in [6.07, 6.45) is 0.631. The number of hydrogen-bond donors (Lipinski definition) is 2. The monoisotopic (exact) mass is 478 g/mol. The Morgan fingerprint density at radius 2 is 1.62 bits per heavy atom. The number of sulfonamides is 1. The van der Waals surface area contributed by atoms with E-state index in [1.807, 2.05) is 6.07 Å². The molecule has 8 heteroatoms. The molecule has 1 amide bonds.